The second-order valence-corrected chi connectivity index (χ2v) is 10.6. The SMILES string of the molecule is O=S1(=O)C[C@H](NS(=O)(=O)c2cc(Br)ccc2Br)[C@@H](Cl)C1. The number of hydrogen-bond acceptors (Lipinski definition) is 4. The fraction of sp³-hybridized carbons (Fsp3) is 0.400. The van der Waals surface area contributed by atoms with Gasteiger partial charge in [0.15, 0.2) is 9.84 Å². The van der Waals surface area contributed by atoms with Gasteiger partial charge in [-0.2, -0.15) is 0 Å². The number of halogens is 3. The summed E-state index contributed by atoms with van der Waals surface area (Å²) in [5.41, 5.74) is 0. The smallest absolute Gasteiger partial charge is 0.229 e. The van der Waals surface area contributed by atoms with Crippen LogP contribution in [0.5, 0.6) is 0 Å². The van der Waals surface area contributed by atoms with Gasteiger partial charge in [0.2, 0.25) is 10.0 Å². The standard InChI is InChI=1S/C10H10Br2ClNO4S2/c11-6-1-2-7(12)10(3-6)20(17,18)14-9-5-19(15,16)4-8(9)13/h1-3,8-9,14H,4-5H2/t8-,9-/m0/s1. The molecule has 0 radical (unpaired) electrons. The lowest BCUT2D eigenvalue weighted by molar-refractivity contribution is 0.563. The van der Waals surface area contributed by atoms with Crippen molar-refractivity contribution in [3.05, 3.63) is 27.1 Å². The molecule has 1 fully saturated rings. The summed E-state index contributed by atoms with van der Waals surface area (Å²) in [6.45, 7) is 0. The molecule has 1 aromatic rings. The van der Waals surface area contributed by atoms with Crippen LogP contribution in [0.3, 0.4) is 0 Å². The molecular weight excluding hydrogens is 458 g/mol. The molecule has 2 rings (SSSR count). The Kier molecular flexibility index (Phi) is 4.88. The van der Waals surface area contributed by atoms with Gasteiger partial charge < -0.3 is 0 Å². The molecular formula is C10H10Br2ClNO4S2. The van der Waals surface area contributed by atoms with Crippen LogP contribution in [0.25, 0.3) is 0 Å². The first-order chi connectivity index (χ1) is 9.11. The fourth-order valence-electron chi connectivity index (χ4n) is 1.86. The molecule has 5 nitrogen and oxygen atoms in total. The minimum Gasteiger partial charge on any atom is -0.229 e. The normalized spacial score (nSPS) is 25.8. The molecule has 1 heterocycles. The third-order valence-corrected chi connectivity index (χ3v) is 8.13. The Morgan fingerprint density at radius 3 is 2.45 bits per heavy atom. The van der Waals surface area contributed by atoms with E-state index < -0.39 is 31.3 Å². The van der Waals surface area contributed by atoms with Crippen molar-refractivity contribution in [1.29, 1.82) is 0 Å². The molecule has 0 saturated carbocycles. The minimum atomic E-state index is -3.86. The summed E-state index contributed by atoms with van der Waals surface area (Å²) in [4.78, 5) is 0.0278. The highest BCUT2D eigenvalue weighted by molar-refractivity contribution is 9.11. The van der Waals surface area contributed by atoms with E-state index in [9.17, 15) is 16.8 Å². The molecule has 0 bridgehead atoms. The zero-order chi connectivity index (χ0) is 15.1. The monoisotopic (exact) mass is 465 g/mol. The first kappa shape index (κ1) is 16.7. The molecule has 1 N–H and O–H groups in total. The molecule has 1 saturated heterocycles. The molecule has 0 aromatic heterocycles. The van der Waals surface area contributed by atoms with Gasteiger partial charge in [0.25, 0.3) is 0 Å². The van der Waals surface area contributed by atoms with Gasteiger partial charge in [-0.3, -0.25) is 0 Å². The van der Waals surface area contributed by atoms with Crippen molar-refractivity contribution in [3.8, 4) is 0 Å². The first-order valence-electron chi connectivity index (χ1n) is 5.42. The zero-order valence-electron chi connectivity index (χ0n) is 9.88. The van der Waals surface area contributed by atoms with Crippen molar-refractivity contribution in [1.82, 2.24) is 4.72 Å². The van der Waals surface area contributed by atoms with Crippen molar-refractivity contribution < 1.29 is 16.8 Å². The van der Waals surface area contributed by atoms with Gasteiger partial charge in [0.1, 0.15) is 0 Å². The van der Waals surface area contributed by atoms with Crippen LogP contribution in [-0.4, -0.2) is 39.8 Å². The first-order valence-corrected chi connectivity index (χ1v) is 10.8. The van der Waals surface area contributed by atoms with Crippen LogP contribution in [0, 0.1) is 0 Å². The lowest BCUT2D eigenvalue weighted by Gasteiger charge is -2.15. The van der Waals surface area contributed by atoms with Gasteiger partial charge in [-0.15, -0.1) is 11.6 Å². The second-order valence-electron chi connectivity index (χ2n) is 4.40. The highest BCUT2D eigenvalue weighted by Gasteiger charge is 2.39. The highest BCUT2D eigenvalue weighted by atomic mass is 79.9. The van der Waals surface area contributed by atoms with Crippen LogP contribution >= 0.6 is 43.5 Å². The summed E-state index contributed by atoms with van der Waals surface area (Å²) in [6.07, 6.45) is 0. The molecule has 20 heavy (non-hydrogen) atoms. The van der Waals surface area contributed by atoms with Crippen LogP contribution in [0.1, 0.15) is 0 Å². The lowest BCUT2D eigenvalue weighted by atomic mass is 10.3. The van der Waals surface area contributed by atoms with Crippen molar-refractivity contribution >= 4 is 63.3 Å². The molecule has 2 atom stereocenters. The summed E-state index contributed by atoms with van der Waals surface area (Å²) in [5.74, 6) is -0.507. The number of hydrogen-bond donors (Lipinski definition) is 1. The highest BCUT2D eigenvalue weighted by Crippen LogP contribution is 2.27. The quantitative estimate of drug-likeness (QED) is 0.689. The van der Waals surface area contributed by atoms with Crippen molar-refractivity contribution in [2.45, 2.75) is 16.3 Å². The summed E-state index contributed by atoms with van der Waals surface area (Å²) >= 11 is 12.3. The van der Waals surface area contributed by atoms with Gasteiger partial charge in [-0.05, 0) is 34.1 Å². The summed E-state index contributed by atoms with van der Waals surface area (Å²) in [5, 5.41) is -0.763. The van der Waals surface area contributed by atoms with Crippen LogP contribution in [0.15, 0.2) is 32.0 Å². The maximum absolute atomic E-state index is 12.3. The Labute approximate surface area is 139 Å². The third kappa shape index (κ3) is 3.75. The molecule has 1 aliphatic rings. The van der Waals surface area contributed by atoms with Gasteiger partial charge in [0, 0.05) is 8.95 Å². The molecule has 0 spiro atoms. The second kappa shape index (κ2) is 5.85. The van der Waals surface area contributed by atoms with E-state index in [0.29, 0.717) is 8.95 Å². The molecule has 0 aliphatic carbocycles. The van der Waals surface area contributed by atoms with Crippen LogP contribution in [0.2, 0.25) is 0 Å². The Balaban J connectivity index is 2.31. The average molecular weight is 468 g/mol. The predicted octanol–water partition coefficient (Wildman–Crippen LogP) is 1.89. The van der Waals surface area contributed by atoms with Gasteiger partial charge in [-0.25, -0.2) is 21.6 Å². The molecule has 1 aromatic carbocycles. The Bertz CT molecular complexity index is 736. The van der Waals surface area contributed by atoms with Crippen molar-refractivity contribution in [2.75, 3.05) is 11.5 Å². The summed E-state index contributed by atoms with van der Waals surface area (Å²) in [6, 6.07) is 3.88. The fourth-order valence-corrected chi connectivity index (χ4v) is 7.37. The molecule has 0 unspecified atom stereocenters. The zero-order valence-corrected chi connectivity index (χ0v) is 15.4. The lowest BCUT2D eigenvalue weighted by Crippen LogP contribution is -2.40. The maximum atomic E-state index is 12.3. The van der Waals surface area contributed by atoms with Crippen molar-refractivity contribution in [2.24, 2.45) is 0 Å². The number of benzene rings is 1. The number of alkyl halides is 1. The predicted molar refractivity (Wildman–Crippen MR) is 84.2 cm³/mol. The van der Waals surface area contributed by atoms with E-state index in [4.69, 9.17) is 11.6 Å². The number of nitrogens with one attached hydrogen (secondary N) is 1. The van der Waals surface area contributed by atoms with E-state index in [1.165, 1.54) is 6.07 Å². The van der Waals surface area contributed by atoms with Crippen LogP contribution in [-0.2, 0) is 19.9 Å². The van der Waals surface area contributed by atoms with E-state index >= 15 is 0 Å². The number of sulfonamides is 1. The van der Waals surface area contributed by atoms with Crippen molar-refractivity contribution in [3.63, 3.8) is 0 Å². The third-order valence-electron chi connectivity index (χ3n) is 2.77. The van der Waals surface area contributed by atoms with E-state index in [1.54, 1.807) is 12.1 Å². The topological polar surface area (TPSA) is 80.3 Å². The molecule has 112 valence electrons. The molecule has 0 amide bonds. The minimum absolute atomic E-state index is 0.0278. The van der Waals surface area contributed by atoms with E-state index in [1.807, 2.05) is 0 Å². The van der Waals surface area contributed by atoms with Crippen LogP contribution < -0.4 is 4.72 Å². The summed E-state index contributed by atoms with van der Waals surface area (Å²) < 4.78 is 50.9. The summed E-state index contributed by atoms with van der Waals surface area (Å²) in [7, 11) is -7.15. The van der Waals surface area contributed by atoms with Gasteiger partial charge in [0.05, 0.1) is 27.8 Å². The largest absolute Gasteiger partial charge is 0.242 e. The number of rotatable bonds is 3. The van der Waals surface area contributed by atoms with E-state index in [0.717, 1.165) is 0 Å². The Morgan fingerprint density at radius 2 is 1.90 bits per heavy atom. The Morgan fingerprint density at radius 1 is 1.25 bits per heavy atom. The average Bonchev–Trinajstić information content (AvgIpc) is 2.54. The maximum Gasteiger partial charge on any atom is 0.242 e. The van der Waals surface area contributed by atoms with Gasteiger partial charge >= 0.3 is 0 Å². The van der Waals surface area contributed by atoms with E-state index in [2.05, 4.69) is 36.6 Å². The molecule has 1 aliphatic heterocycles. The molecule has 10 heteroatoms. The van der Waals surface area contributed by atoms with Crippen LogP contribution in [0.4, 0.5) is 0 Å². The van der Waals surface area contributed by atoms with E-state index in [-0.39, 0.29) is 16.4 Å². The van der Waals surface area contributed by atoms with Gasteiger partial charge in [-0.1, -0.05) is 15.9 Å². The number of sulfone groups is 1. The Hall–Kier alpha value is 0.330.